The molecule has 7 nitrogen and oxygen atoms in total. The van der Waals surface area contributed by atoms with Gasteiger partial charge in [-0.05, 0) is 31.0 Å². The number of nitrogens with two attached hydrogens (primary N) is 1. The van der Waals surface area contributed by atoms with Crippen LogP contribution < -0.4 is 10.5 Å². The number of Topliss-reactive ketones (excluding diaryl/α,β-unsaturated/α-hetero) is 1. The summed E-state index contributed by atoms with van der Waals surface area (Å²) in [7, 11) is 0. The molecular weight excluding hydrogens is 372 g/mol. The van der Waals surface area contributed by atoms with Crippen LogP contribution in [0.25, 0.3) is 10.9 Å². The summed E-state index contributed by atoms with van der Waals surface area (Å²) >= 11 is 0. The minimum atomic E-state index is -1.10. The minimum absolute atomic E-state index is 0.138. The van der Waals surface area contributed by atoms with Gasteiger partial charge in [0.15, 0.2) is 6.10 Å². The van der Waals surface area contributed by atoms with Gasteiger partial charge in [-0.3, -0.25) is 9.59 Å². The Morgan fingerprint density at radius 2 is 1.79 bits per heavy atom. The van der Waals surface area contributed by atoms with Crippen molar-refractivity contribution in [2.75, 3.05) is 0 Å². The van der Waals surface area contributed by atoms with Gasteiger partial charge in [0.05, 0.1) is 16.5 Å². The van der Waals surface area contributed by atoms with Crippen molar-refractivity contribution in [2.45, 2.75) is 32.9 Å². The van der Waals surface area contributed by atoms with Gasteiger partial charge in [-0.25, -0.2) is 4.79 Å². The normalized spacial score (nSPS) is 11.9. The van der Waals surface area contributed by atoms with Gasteiger partial charge in [-0.2, -0.15) is 0 Å². The van der Waals surface area contributed by atoms with Gasteiger partial charge < -0.3 is 20.1 Å². The van der Waals surface area contributed by atoms with E-state index in [4.69, 9.17) is 10.5 Å². The van der Waals surface area contributed by atoms with E-state index in [1.807, 2.05) is 34.9 Å². The van der Waals surface area contributed by atoms with E-state index in [0.29, 0.717) is 23.1 Å². The summed E-state index contributed by atoms with van der Waals surface area (Å²) < 4.78 is 7.61. The highest BCUT2D eigenvalue weighted by Crippen LogP contribution is 2.35. The molecule has 3 N–H and O–H groups in total. The molecule has 0 saturated carbocycles. The lowest BCUT2D eigenvalue weighted by atomic mass is 10.1. The molecule has 0 saturated heterocycles. The van der Waals surface area contributed by atoms with Gasteiger partial charge >= 0.3 is 5.97 Å². The molecule has 3 rings (SSSR count). The average molecular weight is 394 g/mol. The lowest BCUT2D eigenvalue weighted by Gasteiger charge is -2.15. The van der Waals surface area contributed by atoms with Crippen molar-refractivity contribution < 1.29 is 24.2 Å². The number of ether oxygens (including phenoxy) is 1. The Balaban J connectivity index is 2.24. The number of carboxylic acids is 1. The number of ketones is 1. The second kappa shape index (κ2) is 8.18. The van der Waals surface area contributed by atoms with Crippen LogP contribution in [0.3, 0.4) is 0 Å². The highest BCUT2D eigenvalue weighted by atomic mass is 16.5. The van der Waals surface area contributed by atoms with Crippen LogP contribution in [0.15, 0.2) is 48.5 Å². The third-order valence-electron chi connectivity index (χ3n) is 4.86. The highest BCUT2D eigenvalue weighted by molar-refractivity contribution is 6.45. The lowest BCUT2D eigenvalue weighted by Crippen LogP contribution is -2.26. The lowest BCUT2D eigenvalue weighted by molar-refractivity contribution is -0.145. The highest BCUT2D eigenvalue weighted by Gasteiger charge is 2.27. The number of hydrogen-bond acceptors (Lipinski definition) is 4. The Labute approximate surface area is 167 Å². The number of rotatable bonds is 8. The molecule has 1 heterocycles. The van der Waals surface area contributed by atoms with E-state index >= 15 is 0 Å². The quantitative estimate of drug-likeness (QED) is 0.451. The standard InChI is InChI=1S/C22H22N2O5/c1-3-16(22(27)28)29-17-11-7-10-15-19(17)18(20(25)21(23)26)13(2)24(15)12-14-8-5-4-6-9-14/h4-11,16H,3,12H2,1-2H3,(H2,23,26)(H,27,28). The van der Waals surface area contributed by atoms with Crippen molar-refractivity contribution in [3.63, 3.8) is 0 Å². The first-order valence-electron chi connectivity index (χ1n) is 9.24. The summed E-state index contributed by atoms with van der Waals surface area (Å²) in [5, 5.41) is 9.75. The van der Waals surface area contributed by atoms with Crippen LogP contribution in [-0.2, 0) is 16.1 Å². The summed E-state index contributed by atoms with van der Waals surface area (Å²) in [6.07, 6.45) is -0.830. The minimum Gasteiger partial charge on any atom is -0.479 e. The van der Waals surface area contributed by atoms with Gasteiger partial charge in [0.1, 0.15) is 5.75 Å². The predicted molar refractivity (Wildman–Crippen MR) is 108 cm³/mol. The van der Waals surface area contributed by atoms with Gasteiger partial charge in [0.2, 0.25) is 0 Å². The molecule has 7 heteroatoms. The van der Waals surface area contributed by atoms with Crippen LogP contribution in [0.1, 0.15) is 35.0 Å². The van der Waals surface area contributed by atoms with E-state index in [0.717, 1.165) is 5.56 Å². The van der Waals surface area contributed by atoms with Crippen molar-refractivity contribution >= 4 is 28.6 Å². The van der Waals surface area contributed by atoms with Crippen LogP contribution in [-0.4, -0.2) is 33.4 Å². The zero-order valence-corrected chi connectivity index (χ0v) is 16.2. The number of nitrogens with zero attached hydrogens (tertiary/aromatic N) is 1. The number of carboxylic acid groups (broad SMARTS) is 1. The molecule has 0 bridgehead atoms. The van der Waals surface area contributed by atoms with E-state index in [1.54, 1.807) is 32.0 Å². The largest absolute Gasteiger partial charge is 0.479 e. The van der Waals surface area contributed by atoms with Crippen molar-refractivity contribution in [1.29, 1.82) is 0 Å². The van der Waals surface area contributed by atoms with Gasteiger partial charge in [-0.15, -0.1) is 0 Å². The second-order valence-corrected chi connectivity index (χ2v) is 6.73. The summed E-state index contributed by atoms with van der Waals surface area (Å²) in [5.41, 5.74) is 7.65. The molecule has 2 aromatic carbocycles. The van der Waals surface area contributed by atoms with Gasteiger partial charge in [-0.1, -0.05) is 43.3 Å². The summed E-state index contributed by atoms with van der Waals surface area (Å²) in [6, 6.07) is 14.8. The molecule has 0 aliphatic rings. The first-order chi connectivity index (χ1) is 13.8. The second-order valence-electron chi connectivity index (χ2n) is 6.73. The Bertz CT molecular complexity index is 1090. The van der Waals surface area contributed by atoms with E-state index in [-0.39, 0.29) is 17.7 Å². The fourth-order valence-electron chi connectivity index (χ4n) is 3.42. The summed E-state index contributed by atoms with van der Waals surface area (Å²) in [5.74, 6) is -2.78. The molecule has 3 aromatic rings. The Hall–Kier alpha value is -3.61. The Kier molecular flexibility index (Phi) is 5.68. The summed E-state index contributed by atoms with van der Waals surface area (Å²) in [6.45, 7) is 3.90. The number of hydrogen-bond donors (Lipinski definition) is 2. The molecule has 150 valence electrons. The molecule has 1 unspecified atom stereocenters. The van der Waals surface area contributed by atoms with E-state index in [9.17, 15) is 19.5 Å². The van der Waals surface area contributed by atoms with Crippen LogP contribution >= 0.6 is 0 Å². The van der Waals surface area contributed by atoms with Crippen LogP contribution in [0.2, 0.25) is 0 Å². The number of carbonyl (C=O) groups excluding carboxylic acids is 2. The average Bonchev–Trinajstić information content (AvgIpc) is 2.98. The van der Waals surface area contributed by atoms with Gasteiger partial charge in [0, 0.05) is 12.2 Å². The van der Waals surface area contributed by atoms with Crippen LogP contribution in [0.4, 0.5) is 0 Å². The first-order valence-corrected chi connectivity index (χ1v) is 9.24. The van der Waals surface area contributed by atoms with Crippen molar-refractivity contribution in [3.05, 3.63) is 65.4 Å². The maximum atomic E-state index is 12.6. The molecule has 0 radical (unpaired) electrons. The number of carbonyl (C=O) groups is 3. The van der Waals surface area contributed by atoms with Gasteiger partial charge in [0.25, 0.3) is 11.7 Å². The van der Waals surface area contributed by atoms with E-state index in [2.05, 4.69) is 0 Å². The zero-order chi connectivity index (χ0) is 21.1. The number of amides is 1. The summed E-state index contributed by atoms with van der Waals surface area (Å²) in [4.78, 5) is 35.8. The zero-order valence-electron chi connectivity index (χ0n) is 16.2. The monoisotopic (exact) mass is 394 g/mol. The van der Waals surface area contributed by atoms with Crippen LogP contribution in [0.5, 0.6) is 5.75 Å². The maximum Gasteiger partial charge on any atom is 0.344 e. The molecule has 0 fully saturated rings. The number of benzene rings is 2. The molecule has 1 aromatic heterocycles. The fourth-order valence-corrected chi connectivity index (χ4v) is 3.42. The Morgan fingerprint density at radius 1 is 1.10 bits per heavy atom. The van der Waals surface area contributed by atoms with Crippen LogP contribution in [0, 0.1) is 6.92 Å². The third-order valence-corrected chi connectivity index (χ3v) is 4.86. The van der Waals surface area contributed by atoms with Crippen molar-refractivity contribution in [1.82, 2.24) is 4.57 Å². The fraction of sp³-hybridized carbons (Fsp3) is 0.227. The predicted octanol–water partition coefficient (Wildman–Crippen LogP) is 2.91. The topological polar surface area (TPSA) is 112 Å². The Morgan fingerprint density at radius 3 is 2.38 bits per heavy atom. The van der Waals surface area contributed by atoms with Crippen molar-refractivity contribution in [3.8, 4) is 5.75 Å². The first kappa shape index (κ1) is 20.1. The smallest absolute Gasteiger partial charge is 0.344 e. The maximum absolute atomic E-state index is 12.6. The molecular formula is C22H22N2O5. The van der Waals surface area contributed by atoms with Crippen molar-refractivity contribution in [2.24, 2.45) is 5.73 Å². The molecule has 0 spiro atoms. The molecule has 0 aliphatic heterocycles. The number of aromatic nitrogens is 1. The third kappa shape index (κ3) is 3.85. The number of aliphatic carboxylic acids is 1. The molecule has 0 aliphatic carbocycles. The van der Waals surface area contributed by atoms with E-state index < -0.39 is 23.8 Å². The molecule has 1 atom stereocenters. The number of primary amides is 1. The SMILES string of the molecule is CCC(Oc1cccc2c1c(C(=O)C(N)=O)c(C)n2Cc1ccccc1)C(=O)O. The molecule has 1 amide bonds. The van der Waals surface area contributed by atoms with E-state index in [1.165, 1.54) is 0 Å². The molecule has 29 heavy (non-hydrogen) atoms. The number of fused-ring (bicyclic) bond motifs is 1.